The minimum Gasteiger partial charge on any atom is -0.396 e. The lowest BCUT2D eigenvalue weighted by atomic mass is 10.3. The summed E-state index contributed by atoms with van der Waals surface area (Å²) in [6.45, 7) is 4.06. The molecule has 16 heavy (non-hydrogen) atoms. The van der Waals surface area contributed by atoms with E-state index in [-0.39, 0.29) is 0 Å². The van der Waals surface area contributed by atoms with E-state index in [9.17, 15) is 0 Å². The number of hydrogen-bond donors (Lipinski definition) is 1. The van der Waals surface area contributed by atoms with Crippen LogP contribution in [0.2, 0.25) is 0 Å². The van der Waals surface area contributed by atoms with Crippen LogP contribution in [-0.4, -0.2) is 14.5 Å². The smallest absolute Gasteiger partial charge is 0.161 e. The molecule has 0 aliphatic carbocycles. The zero-order valence-corrected chi connectivity index (χ0v) is 9.38. The molecule has 0 spiro atoms. The minimum absolute atomic E-state index is 0.643. The lowest BCUT2D eigenvalue weighted by molar-refractivity contribution is 0.978. The Morgan fingerprint density at radius 3 is 2.81 bits per heavy atom. The molecule has 4 heteroatoms. The number of hydrogen-bond acceptors (Lipinski definition) is 3. The van der Waals surface area contributed by atoms with Gasteiger partial charge in [-0.25, -0.2) is 9.97 Å². The Labute approximate surface area is 94.5 Å². The molecule has 0 aromatic carbocycles. The first kappa shape index (κ1) is 10.4. The van der Waals surface area contributed by atoms with Crippen molar-refractivity contribution in [2.45, 2.75) is 13.8 Å². The molecule has 0 unspecified atom stereocenters. The number of nitrogen functional groups attached to an aromatic ring is 1. The molecule has 2 aromatic heterocycles. The van der Waals surface area contributed by atoms with Crippen LogP contribution in [0.15, 0.2) is 36.3 Å². The summed E-state index contributed by atoms with van der Waals surface area (Å²) in [5.74, 6) is 1.55. The molecule has 0 bridgehead atoms. The van der Waals surface area contributed by atoms with E-state index in [1.54, 1.807) is 12.4 Å². The average molecular weight is 214 g/mol. The normalized spacial score (nSPS) is 10.1. The molecular weight excluding hydrogens is 200 g/mol. The molecule has 0 aliphatic heterocycles. The van der Waals surface area contributed by atoms with E-state index in [1.807, 2.05) is 42.8 Å². The second-order valence-electron chi connectivity index (χ2n) is 3.79. The van der Waals surface area contributed by atoms with Gasteiger partial charge in [0.05, 0.1) is 5.69 Å². The van der Waals surface area contributed by atoms with Crippen molar-refractivity contribution in [3.63, 3.8) is 0 Å². The zero-order valence-electron chi connectivity index (χ0n) is 9.38. The number of aromatic nitrogens is 3. The molecule has 0 aliphatic rings. The second-order valence-corrected chi connectivity index (χ2v) is 3.79. The summed E-state index contributed by atoms with van der Waals surface area (Å²) in [6, 6.07) is 3.64. The van der Waals surface area contributed by atoms with Crippen LogP contribution in [0.1, 0.15) is 19.7 Å². The highest BCUT2D eigenvalue weighted by Gasteiger charge is 2.06. The van der Waals surface area contributed by atoms with E-state index in [0.29, 0.717) is 11.5 Å². The topological polar surface area (TPSA) is 56.7 Å². The van der Waals surface area contributed by atoms with Gasteiger partial charge in [-0.1, -0.05) is 5.57 Å². The monoisotopic (exact) mass is 214 g/mol. The van der Waals surface area contributed by atoms with Crippen molar-refractivity contribution in [1.29, 1.82) is 0 Å². The predicted octanol–water partition coefficient (Wildman–Crippen LogP) is 2.27. The van der Waals surface area contributed by atoms with E-state index in [2.05, 4.69) is 9.97 Å². The van der Waals surface area contributed by atoms with Crippen LogP contribution in [0.25, 0.3) is 11.9 Å². The largest absolute Gasteiger partial charge is 0.396 e. The average Bonchev–Trinajstić information content (AvgIpc) is 2.66. The fourth-order valence-corrected chi connectivity index (χ4v) is 1.47. The number of nitrogens with zero attached hydrogens (tertiary/aromatic N) is 3. The quantitative estimate of drug-likeness (QED) is 0.834. The highest BCUT2D eigenvalue weighted by molar-refractivity contribution is 5.56. The number of pyridine rings is 1. The Bertz CT molecular complexity index is 521. The summed E-state index contributed by atoms with van der Waals surface area (Å²) in [4.78, 5) is 8.52. The summed E-state index contributed by atoms with van der Waals surface area (Å²) in [5.41, 5.74) is 7.70. The first-order valence-electron chi connectivity index (χ1n) is 5.07. The molecule has 0 radical (unpaired) electrons. The molecule has 2 aromatic rings. The molecular formula is C12H14N4. The van der Waals surface area contributed by atoms with Crippen LogP contribution < -0.4 is 5.73 Å². The van der Waals surface area contributed by atoms with Gasteiger partial charge >= 0.3 is 0 Å². The Kier molecular flexibility index (Phi) is 2.72. The highest BCUT2D eigenvalue weighted by Crippen LogP contribution is 2.16. The Morgan fingerprint density at radius 2 is 2.12 bits per heavy atom. The van der Waals surface area contributed by atoms with Crippen molar-refractivity contribution < 1.29 is 0 Å². The van der Waals surface area contributed by atoms with Crippen LogP contribution in [0.5, 0.6) is 0 Å². The molecule has 0 amide bonds. The number of rotatable bonds is 2. The Morgan fingerprint density at radius 1 is 1.31 bits per heavy atom. The van der Waals surface area contributed by atoms with Crippen molar-refractivity contribution in [3.05, 3.63) is 42.1 Å². The predicted molar refractivity (Wildman–Crippen MR) is 65.1 cm³/mol. The summed E-state index contributed by atoms with van der Waals surface area (Å²) >= 11 is 0. The molecule has 82 valence electrons. The van der Waals surface area contributed by atoms with Crippen LogP contribution in [0.3, 0.4) is 0 Å². The van der Waals surface area contributed by atoms with E-state index in [0.717, 1.165) is 5.82 Å². The van der Waals surface area contributed by atoms with Gasteiger partial charge in [0.2, 0.25) is 0 Å². The summed E-state index contributed by atoms with van der Waals surface area (Å²) in [7, 11) is 0. The highest BCUT2D eigenvalue weighted by atomic mass is 15.1. The molecule has 2 N–H and O–H groups in total. The molecule has 4 nitrogen and oxygen atoms in total. The Hall–Kier alpha value is -2.10. The van der Waals surface area contributed by atoms with E-state index in [1.165, 1.54) is 5.57 Å². The summed E-state index contributed by atoms with van der Waals surface area (Å²) in [5, 5.41) is 0. The van der Waals surface area contributed by atoms with E-state index >= 15 is 0 Å². The fourth-order valence-electron chi connectivity index (χ4n) is 1.47. The first-order chi connectivity index (χ1) is 7.68. The molecule has 0 saturated carbocycles. The SMILES string of the molecule is CC(C)=Cc1nccn1-c1ncccc1N. The van der Waals surface area contributed by atoms with Crippen molar-refractivity contribution in [1.82, 2.24) is 14.5 Å². The van der Waals surface area contributed by atoms with Crippen LogP contribution >= 0.6 is 0 Å². The lowest BCUT2D eigenvalue weighted by Gasteiger charge is -2.06. The van der Waals surface area contributed by atoms with Crippen molar-refractivity contribution in [2.75, 3.05) is 5.73 Å². The van der Waals surface area contributed by atoms with Gasteiger partial charge in [0, 0.05) is 18.6 Å². The van der Waals surface area contributed by atoms with Crippen molar-refractivity contribution in [3.8, 4) is 5.82 Å². The van der Waals surface area contributed by atoms with E-state index in [4.69, 9.17) is 5.73 Å². The third-order valence-electron chi connectivity index (χ3n) is 2.13. The molecule has 2 rings (SSSR count). The van der Waals surface area contributed by atoms with Gasteiger partial charge < -0.3 is 5.73 Å². The maximum atomic E-state index is 5.88. The summed E-state index contributed by atoms with van der Waals surface area (Å²) in [6.07, 6.45) is 7.31. The number of allylic oxidation sites excluding steroid dienone is 1. The zero-order chi connectivity index (χ0) is 11.5. The molecule has 0 atom stereocenters. The summed E-state index contributed by atoms with van der Waals surface area (Å²) < 4.78 is 1.88. The second kappa shape index (κ2) is 4.18. The first-order valence-corrected chi connectivity index (χ1v) is 5.07. The Balaban J connectivity index is 2.53. The number of anilines is 1. The van der Waals surface area contributed by atoms with Gasteiger partial charge in [0.1, 0.15) is 5.82 Å². The maximum Gasteiger partial charge on any atom is 0.161 e. The maximum absolute atomic E-state index is 5.88. The standard InChI is InChI=1S/C12H14N4/c1-9(2)8-11-14-6-7-16(11)12-10(13)4-3-5-15-12/h3-8H,13H2,1-2H3. The van der Waals surface area contributed by atoms with Crippen LogP contribution in [0, 0.1) is 0 Å². The molecule has 0 saturated heterocycles. The number of nitrogens with two attached hydrogens (primary N) is 1. The molecule has 0 fully saturated rings. The third-order valence-corrected chi connectivity index (χ3v) is 2.13. The van der Waals surface area contributed by atoms with E-state index < -0.39 is 0 Å². The minimum atomic E-state index is 0.643. The van der Waals surface area contributed by atoms with Gasteiger partial charge in [0.25, 0.3) is 0 Å². The third kappa shape index (κ3) is 1.95. The van der Waals surface area contributed by atoms with Crippen LogP contribution in [-0.2, 0) is 0 Å². The van der Waals surface area contributed by atoms with Crippen LogP contribution in [0.4, 0.5) is 5.69 Å². The number of imidazole rings is 1. The van der Waals surface area contributed by atoms with Gasteiger partial charge in [-0.2, -0.15) is 0 Å². The van der Waals surface area contributed by atoms with Gasteiger partial charge in [-0.3, -0.25) is 4.57 Å². The fraction of sp³-hybridized carbons (Fsp3) is 0.167. The van der Waals surface area contributed by atoms with Gasteiger partial charge in [-0.15, -0.1) is 0 Å². The van der Waals surface area contributed by atoms with Crippen molar-refractivity contribution in [2.24, 2.45) is 0 Å². The lowest BCUT2D eigenvalue weighted by Crippen LogP contribution is -2.03. The molecule has 2 heterocycles. The van der Waals surface area contributed by atoms with Gasteiger partial charge in [0.15, 0.2) is 5.82 Å². The van der Waals surface area contributed by atoms with Gasteiger partial charge in [-0.05, 0) is 32.1 Å². The van der Waals surface area contributed by atoms with Crippen molar-refractivity contribution >= 4 is 11.8 Å².